The SMILES string of the molecule is CC(=O)Nc1nnc(S(=O)(=O)Nc2nc(C(C)O)cs2)s1. The molecule has 21 heavy (non-hydrogen) atoms. The molecule has 0 spiro atoms. The van der Waals surface area contributed by atoms with Gasteiger partial charge >= 0.3 is 0 Å². The van der Waals surface area contributed by atoms with Crippen LogP contribution in [-0.2, 0) is 14.8 Å². The standard InChI is InChI=1S/C9H11N5O4S3/c1-4(15)6-3-19-8(11-6)14-21(17,18)9-13-12-7(20-9)10-5(2)16/h3-4,15H,1-2H3,(H,11,14)(H,10,12,16). The molecule has 114 valence electrons. The highest BCUT2D eigenvalue weighted by Gasteiger charge is 2.22. The first-order valence-corrected chi connectivity index (χ1v) is 8.73. The number of aliphatic hydroxyl groups is 1. The van der Waals surface area contributed by atoms with Gasteiger partial charge in [0.25, 0.3) is 14.4 Å². The van der Waals surface area contributed by atoms with Crippen LogP contribution in [0.15, 0.2) is 9.72 Å². The fraction of sp³-hybridized carbons (Fsp3) is 0.333. The van der Waals surface area contributed by atoms with Gasteiger partial charge in [-0.2, -0.15) is 8.42 Å². The normalized spacial score (nSPS) is 12.9. The molecule has 2 rings (SSSR count). The molecule has 0 fully saturated rings. The van der Waals surface area contributed by atoms with Gasteiger partial charge in [0, 0.05) is 12.3 Å². The van der Waals surface area contributed by atoms with Gasteiger partial charge in [0.15, 0.2) is 5.13 Å². The van der Waals surface area contributed by atoms with E-state index in [2.05, 4.69) is 25.2 Å². The smallest absolute Gasteiger partial charge is 0.293 e. The van der Waals surface area contributed by atoms with E-state index in [1.54, 1.807) is 5.38 Å². The van der Waals surface area contributed by atoms with Gasteiger partial charge in [-0.3, -0.25) is 9.52 Å². The fourth-order valence-corrected chi connectivity index (χ4v) is 4.20. The van der Waals surface area contributed by atoms with Crippen LogP contribution in [-0.4, -0.2) is 34.6 Å². The molecule has 0 aliphatic heterocycles. The maximum Gasteiger partial charge on any atom is 0.293 e. The van der Waals surface area contributed by atoms with E-state index in [1.165, 1.54) is 13.8 Å². The molecular formula is C9H11N5O4S3. The third-order valence-corrected chi connectivity index (χ3v) is 5.54. The number of hydrogen-bond donors (Lipinski definition) is 3. The molecule has 0 aliphatic rings. The van der Waals surface area contributed by atoms with Crippen LogP contribution in [0.4, 0.5) is 10.3 Å². The van der Waals surface area contributed by atoms with Crippen molar-refractivity contribution in [1.29, 1.82) is 0 Å². The predicted octanol–water partition coefficient (Wildman–Crippen LogP) is 0.807. The molecule has 0 aliphatic carbocycles. The Hall–Kier alpha value is -1.63. The number of hydrogen-bond acceptors (Lipinski definition) is 9. The lowest BCUT2D eigenvalue weighted by Crippen LogP contribution is -2.12. The molecule has 0 radical (unpaired) electrons. The Morgan fingerprint density at radius 2 is 2.10 bits per heavy atom. The van der Waals surface area contributed by atoms with Gasteiger partial charge in [0.2, 0.25) is 11.0 Å². The van der Waals surface area contributed by atoms with Crippen LogP contribution in [0.5, 0.6) is 0 Å². The van der Waals surface area contributed by atoms with Crippen molar-refractivity contribution in [2.75, 3.05) is 10.0 Å². The van der Waals surface area contributed by atoms with Crippen molar-refractivity contribution >= 4 is 48.9 Å². The van der Waals surface area contributed by atoms with E-state index in [4.69, 9.17) is 0 Å². The van der Waals surface area contributed by atoms with Crippen molar-refractivity contribution in [3.63, 3.8) is 0 Å². The van der Waals surface area contributed by atoms with E-state index in [9.17, 15) is 18.3 Å². The molecule has 2 aromatic rings. The van der Waals surface area contributed by atoms with Crippen molar-refractivity contribution in [3.05, 3.63) is 11.1 Å². The van der Waals surface area contributed by atoms with Gasteiger partial charge < -0.3 is 10.4 Å². The number of thiazole rings is 1. The third kappa shape index (κ3) is 3.93. The van der Waals surface area contributed by atoms with E-state index in [0.29, 0.717) is 5.69 Å². The highest BCUT2D eigenvalue weighted by Crippen LogP contribution is 2.25. The first-order valence-electron chi connectivity index (χ1n) is 5.55. The minimum absolute atomic E-state index is 0.0895. The predicted molar refractivity (Wildman–Crippen MR) is 77.8 cm³/mol. The zero-order valence-electron chi connectivity index (χ0n) is 10.9. The van der Waals surface area contributed by atoms with Gasteiger partial charge in [0.1, 0.15) is 0 Å². The summed E-state index contributed by atoms with van der Waals surface area (Å²) in [7, 11) is -3.93. The first kappa shape index (κ1) is 15.8. The van der Waals surface area contributed by atoms with E-state index in [1.807, 2.05) is 0 Å². The van der Waals surface area contributed by atoms with E-state index in [0.717, 1.165) is 22.7 Å². The summed E-state index contributed by atoms with van der Waals surface area (Å²) in [4.78, 5) is 14.8. The van der Waals surface area contributed by atoms with Crippen LogP contribution in [0.25, 0.3) is 0 Å². The summed E-state index contributed by atoms with van der Waals surface area (Å²) in [6.07, 6.45) is -0.785. The Labute approximate surface area is 128 Å². The number of anilines is 2. The molecule has 3 N–H and O–H groups in total. The largest absolute Gasteiger partial charge is 0.387 e. The monoisotopic (exact) mass is 349 g/mol. The minimum atomic E-state index is -3.93. The summed E-state index contributed by atoms with van der Waals surface area (Å²) in [5, 5.41) is 20.5. The van der Waals surface area contributed by atoms with Crippen LogP contribution in [0.1, 0.15) is 25.6 Å². The summed E-state index contributed by atoms with van der Waals surface area (Å²) in [5.74, 6) is -0.371. The van der Waals surface area contributed by atoms with Crippen LogP contribution in [0, 0.1) is 0 Å². The molecule has 2 aromatic heterocycles. The number of rotatable bonds is 5. The molecule has 2 heterocycles. The molecule has 9 nitrogen and oxygen atoms in total. The second-order valence-corrected chi connectivity index (χ2v) is 7.61. The molecule has 1 unspecified atom stereocenters. The zero-order valence-corrected chi connectivity index (χ0v) is 13.3. The lowest BCUT2D eigenvalue weighted by atomic mass is 10.3. The van der Waals surface area contributed by atoms with Crippen molar-refractivity contribution in [3.8, 4) is 0 Å². The maximum absolute atomic E-state index is 12.1. The Balaban J connectivity index is 2.17. The summed E-state index contributed by atoms with van der Waals surface area (Å²) in [6, 6.07) is 0. The maximum atomic E-state index is 12.1. The molecule has 0 saturated heterocycles. The fourth-order valence-electron chi connectivity index (χ4n) is 1.20. The Bertz CT molecular complexity index is 751. The molecule has 1 amide bonds. The number of nitrogens with one attached hydrogen (secondary N) is 2. The average Bonchev–Trinajstić information content (AvgIpc) is 2.97. The zero-order chi connectivity index (χ0) is 15.6. The van der Waals surface area contributed by atoms with Gasteiger partial charge in [-0.05, 0) is 6.92 Å². The quantitative estimate of drug-likeness (QED) is 0.680. The lowest BCUT2D eigenvalue weighted by molar-refractivity contribution is -0.114. The number of aliphatic hydroxyl groups excluding tert-OH is 1. The number of sulfonamides is 1. The first-order chi connectivity index (χ1) is 9.78. The van der Waals surface area contributed by atoms with E-state index < -0.39 is 16.1 Å². The highest BCUT2D eigenvalue weighted by atomic mass is 32.2. The topological polar surface area (TPSA) is 134 Å². The van der Waals surface area contributed by atoms with E-state index >= 15 is 0 Å². The molecule has 12 heteroatoms. The summed E-state index contributed by atoms with van der Waals surface area (Å²) < 4.78 is 26.1. The Morgan fingerprint density at radius 3 is 2.67 bits per heavy atom. The van der Waals surface area contributed by atoms with Crippen LogP contribution < -0.4 is 10.0 Å². The minimum Gasteiger partial charge on any atom is -0.387 e. The van der Waals surface area contributed by atoms with Crippen LogP contribution in [0.2, 0.25) is 0 Å². The third-order valence-electron chi connectivity index (χ3n) is 2.09. The van der Waals surface area contributed by atoms with Crippen LogP contribution in [0.3, 0.4) is 0 Å². The summed E-state index contributed by atoms with van der Waals surface area (Å²) in [6.45, 7) is 2.80. The number of nitrogens with zero attached hydrogens (tertiary/aromatic N) is 3. The summed E-state index contributed by atoms with van der Waals surface area (Å²) >= 11 is 1.77. The van der Waals surface area contributed by atoms with Crippen molar-refractivity contribution in [1.82, 2.24) is 15.2 Å². The highest BCUT2D eigenvalue weighted by molar-refractivity contribution is 7.94. The molecular weight excluding hydrogens is 338 g/mol. The molecule has 0 saturated carbocycles. The molecule has 1 atom stereocenters. The molecule has 0 bridgehead atoms. The van der Waals surface area contributed by atoms with Crippen molar-refractivity contribution < 1.29 is 18.3 Å². The van der Waals surface area contributed by atoms with Gasteiger partial charge in [-0.1, -0.05) is 11.3 Å². The van der Waals surface area contributed by atoms with Gasteiger partial charge in [-0.25, -0.2) is 4.98 Å². The van der Waals surface area contributed by atoms with E-state index in [-0.39, 0.29) is 20.5 Å². The molecule has 0 aromatic carbocycles. The number of carbonyl (C=O) groups excluding carboxylic acids is 1. The second-order valence-electron chi connectivity index (χ2n) is 3.91. The van der Waals surface area contributed by atoms with Crippen LogP contribution >= 0.6 is 22.7 Å². The second kappa shape index (κ2) is 6.01. The number of aromatic nitrogens is 3. The van der Waals surface area contributed by atoms with Gasteiger partial charge in [-0.15, -0.1) is 21.5 Å². The Kier molecular flexibility index (Phi) is 4.51. The number of carbonyl (C=O) groups is 1. The van der Waals surface area contributed by atoms with Crippen molar-refractivity contribution in [2.45, 2.75) is 24.3 Å². The number of amides is 1. The lowest BCUT2D eigenvalue weighted by Gasteiger charge is -2.00. The Morgan fingerprint density at radius 1 is 1.38 bits per heavy atom. The average molecular weight is 349 g/mol. The van der Waals surface area contributed by atoms with Gasteiger partial charge in [0.05, 0.1) is 11.8 Å². The van der Waals surface area contributed by atoms with Crippen molar-refractivity contribution in [2.24, 2.45) is 0 Å². The summed E-state index contributed by atoms with van der Waals surface area (Å²) in [5.41, 5.74) is 0.369.